The number of carbonyl (C=O) groups is 1. The van der Waals surface area contributed by atoms with E-state index in [0.717, 1.165) is 30.6 Å². The standard InChI is InChI=1S/C16H21NO2S/c18-15(17-9-16(19,10-17)12-6-7-12)14-8-11-4-2-1-3-5-13(11)20-14/h8,12,19H,1-7,9-10H2. The van der Waals surface area contributed by atoms with Gasteiger partial charge in [-0.2, -0.15) is 0 Å². The zero-order valence-electron chi connectivity index (χ0n) is 11.7. The second kappa shape index (κ2) is 4.57. The van der Waals surface area contributed by atoms with Crippen molar-refractivity contribution in [2.75, 3.05) is 13.1 Å². The van der Waals surface area contributed by atoms with E-state index in [1.165, 1.54) is 29.7 Å². The number of likely N-dealkylation sites (tertiary alicyclic amines) is 1. The number of fused-ring (bicyclic) bond motifs is 1. The first-order valence-electron chi connectivity index (χ1n) is 7.79. The highest BCUT2D eigenvalue weighted by Crippen LogP contribution is 2.45. The zero-order chi connectivity index (χ0) is 13.7. The molecular weight excluding hydrogens is 270 g/mol. The molecule has 4 rings (SSSR count). The van der Waals surface area contributed by atoms with Crippen LogP contribution in [0.2, 0.25) is 0 Å². The van der Waals surface area contributed by atoms with Gasteiger partial charge in [-0.25, -0.2) is 0 Å². The van der Waals surface area contributed by atoms with Crippen molar-refractivity contribution in [2.45, 2.75) is 50.5 Å². The van der Waals surface area contributed by atoms with Gasteiger partial charge in [0.2, 0.25) is 0 Å². The fraction of sp³-hybridized carbons (Fsp3) is 0.688. The Morgan fingerprint density at radius 1 is 1.25 bits per heavy atom. The van der Waals surface area contributed by atoms with Crippen molar-refractivity contribution in [1.29, 1.82) is 0 Å². The lowest BCUT2D eigenvalue weighted by Crippen LogP contribution is -2.64. The SMILES string of the molecule is O=C(c1cc2c(s1)CCCCC2)N1CC(O)(C2CC2)C1. The number of hydrogen-bond donors (Lipinski definition) is 1. The smallest absolute Gasteiger partial charge is 0.264 e. The summed E-state index contributed by atoms with van der Waals surface area (Å²) in [5, 5.41) is 10.3. The number of nitrogens with zero attached hydrogens (tertiary/aromatic N) is 1. The summed E-state index contributed by atoms with van der Waals surface area (Å²) in [4.78, 5) is 16.6. The van der Waals surface area contributed by atoms with Gasteiger partial charge < -0.3 is 10.0 Å². The summed E-state index contributed by atoms with van der Waals surface area (Å²) in [7, 11) is 0. The van der Waals surface area contributed by atoms with E-state index < -0.39 is 5.60 Å². The Hall–Kier alpha value is -0.870. The van der Waals surface area contributed by atoms with Crippen LogP contribution in [-0.4, -0.2) is 34.6 Å². The predicted octanol–water partition coefficient (Wildman–Crippen LogP) is 2.61. The molecule has 3 nitrogen and oxygen atoms in total. The second-order valence-electron chi connectivity index (χ2n) is 6.66. The lowest BCUT2D eigenvalue weighted by molar-refractivity contribution is -0.0956. The van der Waals surface area contributed by atoms with Gasteiger partial charge in [0.05, 0.1) is 18.0 Å². The van der Waals surface area contributed by atoms with E-state index in [1.54, 1.807) is 11.3 Å². The van der Waals surface area contributed by atoms with Gasteiger partial charge >= 0.3 is 0 Å². The Morgan fingerprint density at radius 3 is 2.75 bits per heavy atom. The predicted molar refractivity (Wildman–Crippen MR) is 79.2 cm³/mol. The summed E-state index contributed by atoms with van der Waals surface area (Å²) in [6.07, 6.45) is 8.35. The average molecular weight is 291 g/mol. The van der Waals surface area contributed by atoms with Crippen LogP contribution in [0.5, 0.6) is 0 Å². The van der Waals surface area contributed by atoms with Crippen LogP contribution in [0, 0.1) is 5.92 Å². The molecule has 1 N–H and O–H groups in total. The van der Waals surface area contributed by atoms with Gasteiger partial charge in [0.1, 0.15) is 5.60 Å². The molecule has 0 bridgehead atoms. The average Bonchev–Trinajstić information content (AvgIpc) is 3.20. The molecule has 2 fully saturated rings. The highest BCUT2D eigenvalue weighted by Gasteiger charge is 2.53. The van der Waals surface area contributed by atoms with Crippen LogP contribution in [0.25, 0.3) is 0 Å². The summed E-state index contributed by atoms with van der Waals surface area (Å²) >= 11 is 1.69. The van der Waals surface area contributed by atoms with Gasteiger partial charge in [-0.1, -0.05) is 6.42 Å². The Morgan fingerprint density at radius 2 is 2.00 bits per heavy atom. The lowest BCUT2D eigenvalue weighted by Gasteiger charge is -2.46. The molecule has 1 aliphatic heterocycles. The molecule has 0 atom stereocenters. The number of rotatable bonds is 2. The molecule has 2 heterocycles. The minimum atomic E-state index is -0.565. The molecule has 3 aliphatic rings. The minimum absolute atomic E-state index is 0.133. The molecule has 1 saturated carbocycles. The fourth-order valence-electron chi connectivity index (χ4n) is 3.57. The Labute approximate surface area is 123 Å². The molecule has 0 spiro atoms. The number of aryl methyl sites for hydroxylation is 2. The number of aliphatic hydroxyl groups is 1. The van der Waals surface area contributed by atoms with Crippen LogP contribution in [0.15, 0.2) is 6.07 Å². The molecule has 0 radical (unpaired) electrons. The van der Waals surface area contributed by atoms with E-state index >= 15 is 0 Å². The first-order chi connectivity index (χ1) is 9.66. The summed E-state index contributed by atoms with van der Waals surface area (Å²) in [6.45, 7) is 1.08. The van der Waals surface area contributed by atoms with Crippen molar-refractivity contribution in [3.8, 4) is 0 Å². The van der Waals surface area contributed by atoms with E-state index in [1.807, 2.05) is 4.90 Å². The quantitative estimate of drug-likeness (QED) is 0.851. The van der Waals surface area contributed by atoms with Crippen molar-refractivity contribution < 1.29 is 9.90 Å². The van der Waals surface area contributed by atoms with Gasteiger partial charge in [-0.05, 0) is 56.1 Å². The first-order valence-corrected chi connectivity index (χ1v) is 8.61. The summed E-state index contributed by atoms with van der Waals surface area (Å²) < 4.78 is 0. The third-order valence-corrected chi connectivity index (χ3v) is 6.24. The Balaban J connectivity index is 1.47. The number of amides is 1. The third kappa shape index (κ3) is 2.09. The molecular formula is C16H21NO2S. The number of hydrogen-bond acceptors (Lipinski definition) is 3. The molecule has 20 heavy (non-hydrogen) atoms. The van der Waals surface area contributed by atoms with E-state index in [0.29, 0.717) is 19.0 Å². The molecule has 1 aromatic heterocycles. The van der Waals surface area contributed by atoms with Crippen LogP contribution in [0.3, 0.4) is 0 Å². The van der Waals surface area contributed by atoms with Crippen LogP contribution >= 0.6 is 11.3 Å². The maximum atomic E-state index is 12.5. The second-order valence-corrected chi connectivity index (χ2v) is 7.80. The number of thiophene rings is 1. The highest BCUT2D eigenvalue weighted by molar-refractivity contribution is 7.14. The zero-order valence-corrected chi connectivity index (χ0v) is 12.5. The topological polar surface area (TPSA) is 40.5 Å². The molecule has 1 amide bonds. The molecule has 1 aromatic rings. The van der Waals surface area contributed by atoms with E-state index in [-0.39, 0.29) is 5.91 Å². The first kappa shape index (κ1) is 12.8. The third-order valence-electron chi connectivity index (χ3n) is 5.01. The van der Waals surface area contributed by atoms with Crippen molar-refractivity contribution >= 4 is 17.2 Å². The van der Waals surface area contributed by atoms with Crippen molar-refractivity contribution in [3.63, 3.8) is 0 Å². The fourth-order valence-corrected chi connectivity index (χ4v) is 4.79. The van der Waals surface area contributed by atoms with E-state index in [4.69, 9.17) is 0 Å². The summed E-state index contributed by atoms with van der Waals surface area (Å²) in [5.74, 6) is 0.583. The van der Waals surface area contributed by atoms with Crippen molar-refractivity contribution in [2.24, 2.45) is 5.92 Å². The van der Waals surface area contributed by atoms with E-state index in [9.17, 15) is 9.90 Å². The van der Waals surface area contributed by atoms with E-state index in [2.05, 4.69) is 6.07 Å². The van der Waals surface area contributed by atoms with Crippen LogP contribution in [-0.2, 0) is 12.8 Å². The molecule has 1 saturated heterocycles. The molecule has 4 heteroatoms. The van der Waals surface area contributed by atoms with Crippen LogP contribution < -0.4 is 0 Å². The maximum Gasteiger partial charge on any atom is 0.264 e. The number of carbonyl (C=O) groups excluding carboxylic acids is 1. The minimum Gasteiger partial charge on any atom is -0.386 e. The van der Waals surface area contributed by atoms with Gasteiger partial charge in [0.15, 0.2) is 0 Å². The molecule has 0 aromatic carbocycles. The lowest BCUT2D eigenvalue weighted by atomic mass is 9.88. The van der Waals surface area contributed by atoms with Gasteiger partial charge in [-0.15, -0.1) is 11.3 Å². The molecule has 0 unspecified atom stereocenters. The van der Waals surface area contributed by atoms with Crippen molar-refractivity contribution in [1.82, 2.24) is 4.90 Å². The molecule has 108 valence electrons. The Kier molecular flexibility index (Phi) is 2.93. The van der Waals surface area contributed by atoms with Gasteiger partial charge in [0.25, 0.3) is 5.91 Å². The monoisotopic (exact) mass is 291 g/mol. The number of β-amino-alcohol motifs (C(OH)–C–C–N with tert-alkyl or cyclic N) is 1. The normalized spacial score (nSPS) is 24.8. The largest absolute Gasteiger partial charge is 0.386 e. The molecule has 2 aliphatic carbocycles. The van der Waals surface area contributed by atoms with Gasteiger partial charge in [-0.3, -0.25) is 4.79 Å². The Bertz CT molecular complexity index is 517. The van der Waals surface area contributed by atoms with Crippen LogP contribution in [0.1, 0.15) is 52.2 Å². The van der Waals surface area contributed by atoms with Crippen molar-refractivity contribution in [3.05, 3.63) is 21.4 Å². The summed E-state index contributed by atoms with van der Waals surface area (Å²) in [5.41, 5.74) is 0.832. The summed E-state index contributed by atoms with van der Waals surface area (Å²) in [6, 6.07) is 2.11. The highest BCUT2D eigenvalue weighted by atomic mass is 32.1. The maximum absolute atomic E-state index is 12.5. The van der Waals surface area contributed by atoms with Crippen LogP contribution in [0.4, 0.5) is 0 Å². The van der Waals surface area contributed by atoms with Gasteiger partial charge in [0, 0.05) is 4.88 Å².